The van der Waals surface area contributed by atoms with Gasteiger partial charge in [-0.15, -0.1) is 0 Å². The van der Waals surface area contributed by atoms with Crippen LogP contribution < -0.4 is 5.56 Å². The van der Waals surface area contributed by atoms with Gasteiger partial charge in [0.05, 0.1) is 0 Å². The highest BCUT2D eigenvalue weighted by molar-refractivity contribution is 5.08. The molecule has 2 nitrogen and oxygen atoms in total. The van der Waals surface area contributed by atoms with Crippen LogP contribution in [0.1, 0.15) is 26.3 Å². The van der Waals surface area contributed by atoms with Gasteiger partial charge in [-0.05, 0) is 12.0 Å². The average Bonchev–Trinajstić information content (AvgIpc) is 2.13. The summed E-state index contributed by atoms with van der Waals surface area (Å²) in [6.07, 6.45) is 2.84. The second-order valence-electron chi connectivity index (χ2n) is 2.34. The molecule has 0 spiro atoms. The smallest absolute Gasteiger partial charge is 0.250 e. The Morgan fingerprint density at radius 1 is 1.33 bits per heavy atom. The molecule has 0 amide bonds. The molecule has 0 bridgehead atoms. The summed E-state index contributed by atoms with van der Waals surface area (Å²) in [5.41, 5.74) is 1.25. The molecule has 0 aliphatic heterocycles. The fraction of sp³-hybridized carbons (Fsp3) is 0.500. The molecule has 0 N–H and O–H groups in total. The summed E-state index contributed by atoms with van der Waals surface area (Å²) in [7, 11) is 1.77. The first kappa shape index (κ1) is 11.0. The Balaban J connectivity index is 0.000000561. The Hall–Kier alpha value is -1.05. The highest BCUT2D eigenvalue weighted by atomic mass is 16.1. The van der Waals surface area contributed by atoms with Crippen molar-refractivity contribution in [3.05, 3.63) is 34.2 Å². The Morgan fingerprint density at radius 3 is 2.33 bits per heavy atom. The molecule has 0 aliphatic carbocycles. The maximum absolute atomic E-state index is 10.9. The maximum atomic E-state index is 10.9. The van der Waals surface area contributed by atoms with E-state index >= 15 is 0 Å². The van der Waals surface area contributed by atoms with Crippen LogP contribution in [0, 0.1) is 0 Å². The van der Waals surface area contributed by atoms with Crippen LogP contribution >= 0.6 is 0 Å². The highest BCUT2D eigenvalue weighted by Gasteiger charge is 1.90. The van der Waals surface area contributed by atoms with E-state index in [1.165, 1.54) is 5.56 Å². The van der Waals surface area contributed by atoms with Gasteiger partial charge in [0.15, 0.2) is 0 Å². The van der Waals surface area contributed by atoms with Gasteiger partial charge >= 0.3 is 0 Å². The molecule has 12 heavy (non-hydrogen) atoms. The largest absolute Gasteiger partial charge is 0.318 e. The summed E-state index contributed by atoms with van der Waals surface area (Å²) in [5.74, 6) is 0. The van der Waals surface area contributed by atoms with Crippen molar-refractivity contribution in [3.63, 3.8) is 0 Å². The summed E-state index contributed by atoms with van der Waals surface area (Å²) in [6, 6.07) is 3.46. The minimum atomic E-state index is 0.0530. The fourth-order valence-corrected chi connectivity index (χ4v) is 0.860. The van der Waals surface area contributed by atoms with Crippen LogP contribution in [-0.2, 0) is 13.5 Å². The Kier molecular flexibility index (Phi) is 5.09. The summed E-state index contributed by atoms with van der Waals surface area (Å²) < 4.78 is 1.60. The minimum Gasteiger partial charge on any atom is -0.318 e. The van der Waals surface area contributed by atoms with Crippen molar-refractivity contribution < 1.29 is 0 Å². The quantitative estimate of drug-likeness (QED) is 0.626. The molecule has 68 valence electrons. The standard InChI is InChI=1S/C8H11NO.C2H6/c1-3-7-4-5-8(10)9(2)6-7;1-2/h4-6H,3H2,1-2H3;1-2H3. The SMILES string of the molecule is CC.CCc1ccc(=O)n(C)c1. The maximum Gasteiger partial charge on any atom is 0.250 e. The third kappa shape index (κ3) is 2.91. The van der Waals surface area contributed by atoms with Crippen LogP contribution in [0.5, 0.6) is 0 Å². The van der Waals surface area contributed by atoms with Gasteiger partial charge in [-0.3, -0.25) is 4.79 Å². The molecule has 1 heterocycles. The van der Waals surface area contributed by atoms with Gasteiger partial charge in [-0.1, -0.05) is 26.8 Å². The average molecular weight is 167 g/mol. The molecule has 0 atom stereocenters. The molecule has 0 radical (unpaired) electrons. The van der Waals surface area contributed by atoms with Crippen molar-refractivity contribution in [2.45, 2.75) is 27.2 Å². The van der Waals surface area contributed by atoms with Crippen LogP contribution in [-0.4, -0.2) is 4.57 Å². The second-order valence-corrected chi connectivity index (χ2v) is 2.34. The van der Waals surface area contributed by atoms with Gasteiger partial charge in [0, 0.05) is 19.3 Å². The number of aromatic nitrogens is 1. The summed E-state index contributed by atoms with van der Waals surface area (Å²) in [4.78, 5) is 10.9. The van der Waals surface area contributed by atoms with Crippen molar-refractivity contribution in [1.82, 2.24) is 4.57 Å². The molecule has 0 saturated carbocycles. The molecule has 0 aromatic carbocycles. The topological polar surface area (TPSA) is 22.0 Å². The van der Waals surface area contributed by atoms with Crippen molar-refractivity contribution in [2.75, 3.05) is 0 Å². The van der Waals surface area contributed by atoms with Gasteiger partial charge in [0.1, 0.15) is 0 Å². The molecule has 1 aromatic heterocycles. The molecule has 0 fully saturated rings. The molecule has 0 aliphatic rings. The molecule has 2 heteroatoms. The van der Waals surface area contributed by atoms with E-state index in [0.717, 1.165) is 6.42 Å². The van der Waals surface area contributed by atoms with Crippen LogP contribution in [0.25, 0.3) is 0 Å². The molecule has 1 rings (SSSR count). The van der Waals surface area contributed by atoms with E-state index in [9.17, 15) is 4.79 Å². The minimum absolute atomic E-state index is 0.0530. The first-order valence-electron chi connectivity index (χ1n) is 4.39. The molecular formula is C10H17NO. The highest BCUT2D eigenvalue weighted by Crippen LogP contribution is 1.93. The fourth-order valence-electron chi connectivity index (χ4n) is 0.860. The first-order chi connectivity index (χ1) is 5.74. The zero-order valence-corrected chi connectivity index (χ0v) is 8.29. The lowest BCUT2D eigenvalue weighted by Gasteiger charge is -1.98. The normalized spacial score (nSPS) is 8.67. The van der Waals surface area contributed by atoms with Crippen LogP contribution in [0.15, 0.2) is 23.1 Å². The van der Waals surface area contributed by atoms with Gasteiger partial charge in [-0.25, -0.2) is 0 Å². The predicted octanol–water partition coefficient (Wildman–Crippen LogP) is 1.97. The van der Waals surface area contributed by atoms with Crippen molar-refractivity contribution >= 4 is 0 Å². The number of rotatable bonds is 1. The summed E-state index contributed by atoms with van der Waals surface area (Å²) in [5, 5.41) is 0. The number of nitrogens with zero attached hydrogens (tertiary/aromatic N) is 1. The second kappa shape index (κ2) is 5.58. The zero-order valence-electron chi connectivity index (χ0n) is 8.29. The van der Waals surface area contributed by atoms with Gasteiger partial charge in [0.25, 0.3) is 0 Å². The third-order valence-electron chi connectivity index (χ3n) is 1.56. The van der Waals surface area contributed by atoms with Crippen molar-refractivity contribution in [3.8, 4) is 0 Å². The van der Waals surface area contributed by atoms with E-state index in [4.69, 9.17) is 0 Å². The Morgan fingerprint density at radius 2 is 1.92 bits per heavy atom. The van der Waals surface area contributed by atoms with E-state index in [0.29, 0.717) is 0 Å². The lowest BCUT2D eigenvalue weighted by atomic mass is 10.2. The van der Waals surface area contributed by atoms with Gasteiger partial charge < -0.3 is 4.57 Å². The third-order valence-corrected chi connectivity index (χ3v) is 1.56. The number of pyridine rings is 1. The van der Waals surface area contributed by atoms with E-state index in [2.05, 4.69) is 6.92 Å². The van der Waals surface area contributed by atoms with E-state index in [-0.39, 0.29) is 5.56 Å². The molecular weight excluding hydrogens is 150 g/mol. The zero-order chi connectivity index (χ0) is 9.56. The predicted molar refractivity (Wildman–Crippen MR) is 52.4 cm³/mol. The molecule has 0 saturated heterocycles. The van der Waals surface area contributed by atoms with Gasteiger partial charge in [-0.2, -0.15) is 0 Å². The van der Waals surface area contributed by atoms with Crippen molar-refractivity contribution in [2.24, 2.45) is 7.05 Å². The summed E-state index contributed by atoms with van der Waals surface area (Å²) in [6.45, 7) is 6.07. The van der Waals surface area contributed by atoms with Crippen LogP contribution in [0.4, 0.5) is 0 Å². The van der Waals surface area contributed by atoms with Gasteiger partial charge in [0.2, 0.25) is 5.56 Å². The Labute approximate surface area is 73.9 Å². The molecule has 1 aromatic rings. The van der Waals surface area contributed by atoms with E-state index < -0.39 is 0 Å². The number of aryl methyl sites for hydroxylation is 2. The Bertz CT molecular complexity index is 275. The van der Waals surface area contributed by atoms with Crippen LogP contribution in [0.3, 0.4) is 0 Å². The van der Waals surface area contributed by atoms with Crippen molar-refractivity contribution in [1.29, 1.82) is 0 Å². The lowest BCUT2D eigenvalue weighted by Crippen LogP contribution is -2.14. The number of hydrogen-bond donors (Lipinski definition) is 0. The monoisotopic (exact) mass is 167 g/mol. The number of hydrogen-bond acceptors (Lipinski definition) is 1. The first-order valence-corrected chi connectivity index (χ1v) is 4.39. The van der Waals surface area contributed by atoms with Crippen LogP contribution in [0.2, 0.25) is 0 Å². The summed E-state index contributed by atoms with van der Waals surface area (Å²) >= 11 is 0. The molecule has 0 unspecified atom stereocenters. The lowest BCUT2D eigenvalue weighted by molar-refractivity contribution is 0.842. The van der Waals surface area contributed by atoms with E-state index in [1.54, 1.807) is 17.7 Å². The van der Waals surface area contributed by atoms with E-state index in [1.807, 2.05) is 26.1 Å².